The maximum absolute atomic E-state index is 12.5. The highest BCUT2D eigenvalue weighted by atomic mass is 16.5. The largest absolute Gasteiger partial charge is 0.493 e. The van der Waals surface area contributed by atoms with Crippen LogP contribution < -0.4 is 14.8 Å². The first-order chi connectivity index (χ1) is 13.5. The average Bonchev–Trinajstić information content (AvgIpc) is 2.69. The van der Waals surface area contributed by atoms with E-state index in [-0.39, 0.29) is 5.91 Å². The number of amides is 1. The fourth-order valence-electron chi connectivity index (χ4n) is 3.07. The molecule has 2 aromatic rings. The van der Waals surface area contributed by atoms with Gasteiger partial charge < -0.3 is 14.8 Å². The van der Waals surface area contributed by atoms with Crippen LogP contribution in [0.5, 0.6) is 11.5 Å². The van der Waals surface area contributed by atoms with Gasteiger partial charge in [0.25, 0.3) is 5.91 Å². The summed E-state index contributed by atoms with van der Waals surface area (Å²) in [5, 5.41) is 3.01. The smallest absolute Gasteiger partial charge is 0.261 e. The van der Waals surface area contributed by atoms with Gasteiger partial charge in [-0.15, -0.1) is 0 Å². The zero-order chi connectivity index (χ0) is 20.4. The first-order valence-corrected chi connectivity index (χ1v) is 10.3. The first kappa shape index (κ1) is 21.8. The lowest BCUT2D eigenvalue weighted by atomic mass is 10.1. The van der Waals surface area contributed by atoms with Gasteiger partial charge in [-0.3, -0.25) is 4.79 Å². The summed E-state index contributed by atoms with van der Waals surface area (Å²) in [4.78, 5) is 12.5. The summed E-state index contributed by atoms with van der Waals surface area (Å²) in [6, 6.07) is 14.1. The molecule has 0 bridgehead atoms. The molecular weight excluding hydrogens is 350 g/mol. The molecule has 0 saturated heterocycles. The topological polar surface area (TPSA) is 47.6 Å². The van der Waals surface area contributed by atoms with Crippen LogP contribution in [0.1, 0.15) is 49.8 Å². The molecule has 0 saturated carbocycles. The normalized spacial score (nSPS) is 11.7. The van der Waals surface area contributed by atoms with Crippen LogP contribution >= 0.6 is 0 Å². The number of nitrogens with one attached hydrogen (secondary N) is 1. The highest BCUT2D eigenvalue weighted by molar-refractivity contribution is 5.81. The number of benzene rings is 2. The van der Waals surface area contributed by atoms with Gasteiger partial charge in [-0.2, -0.15) is 0 Å². The van der Waals surface area contributed by atoms with Gasteiger partial charge in [0.1, 0.15) is 11.5 Å². The Morgan fingerprint density at radius 3 is 2.57 bits per heavy atom. The Hall–Kier alpha value is -2.49. The fraction of sp³-hybridized carbons (Fsp3) is 0.458. The zero-order valence-corrected chi connectivity index (χ0v) is 17.6. The zero-order valence-electron chi connectivity index (χ0n) is 17.6. The molecule has 152 valence electrons. The number of aryl methyl sites for hydroxylation is 3. The maximum Gasteiger partial charge on any atom is 0.261 e. The number of ether oxygens (including phenoxy) is 2. The lowest BCUT2D eigenvalue weighted by molar-refractivity contribution is -0.128. The molecule has 0 aliphatic heterocycles. The summed E-state index contributed by atoms with van der Waals surface area (Å²) < 4.78 is 11.8. The summed E-state index contributed by atoms with van der Waals surface area (Å²) in [5.74, 6) is 1.66. The van der Waals surface area contributed by atoms with E-state index in [1.807, 2.05) is 51.1 Å². The van der Waals surface area contributed by atoms with Crippen LogP contribution in [0, 0.1) is 13.8 Å². The maximum atomic E-state index is 12.5. The minimum absolute atomic E-state index is 0.0574. The number of hydrogen-bond acceptors (Lipinski definition) is 3. The fourth-order valence-corrected chi connectivity index (χ4v) is 3.07. The molecule has 2 rings (SSSR count). The van der Waals surface area contributed by atoms with Crippen molar-refractivity contribution in [3.63, 3.8) is 0 Å². The minimum atomic E-state index is -0.471. The molecule has 0 unspecified atom stereocenters. The second kappa shape index (κ2) is 11.4. The Bertz CT molecular complexity index is 757. The Balaban J connectivity index is 1.82. The lowest BCUT2D eigenvalue weighted by Gasteiger charge is -2.19. The van der Waals surface area contributed by atoms with Crippen LogP contribution in [0.25, 0.3) is 0 Å². The molecule has 1 N–H and O–H groups in total. The Morgan fingerprint density at radius 1 is 1.07 bits per heavy atom. The van der Waals surface area contributed by atoms with Crippen molar-refractivity contribution >= 4 is 5.91 Å². The predicted octanol–water partition coefficient (Wildman–Crippen LogP) is 5.00. The third kappa shape index (κ3) is 6.59. The van der Waals surface area contributed by atoms with Gasteiger partial charge in [-0.25, -0.2) is 0 Å². The second-order valence-electron chi connectivity index (χ2n) is 7.13. The molecule has 0 spiro atoms. The molecule has 0 aliphatic carbocycles. The molecule has 2 aromatic carbocycles. The SMILES string of the molecule is CCCOc1ccccc1CCCNC(=O)[C@H](CC)Oc1ccc(C)cc1C. The standard InChI is InChI=1S/C24H33NO3/c1-5-16-27-23-12-8-7-10-20(23)11-9-15-25-24(26)21(6-2)28-22-14-13-18(3)17-19(22)4/h7-8,10,12-14,17,21H,5-6,9,11,15-16H2,1-4H3,(H,25,26)/t21-/m0/s1. The number of rotatable bonds is 11. The van der Waals surface area contributed by atoms with Crippen LogP contribution in [0.15, 0.2) is 42.5 Å². The molecule has 4 heteroatoms. The Morgan fingerprint density at radius 2 is 1.86 bits per heavy atom. The number of para-hydroxylation sites is 1. The number of hydrogen-bond donors (Lipinski definition) is 1. The van der Waals surface area contributed by atoms with E-state index in [4.69, 9.17) is 9.47 Å². The van der Waals surface area contributed by atoms with Gasteiger partial charge in [0, 0.05) is 6.54 Å². The third-order valence-electron chi connectivity index (χ3n) is 4.62. The van der Waals surface area contributed by atoms with Gasteiger partial charge in [-0.05, 0) is 62.8 Å². The lowest BCUT2D eigenvalue weighted by Crippen LogP contribution is -2.38. The molecule has 1 atom stereocenters. The van der Waals surface area contributed by atoms with Crippen molar-refractivity contribution in [2.75, 3.05) is 13.2 Å². The molecule has 28 heavy (non-hydrogen) atoms. The van der Waals surface area contributed by atoms with Crippen molar-refractivity contribution in [2.24, 2.45) is 0 Å². The Kier molecular flexibility index (Phi) is 8.86. The molecule has 1 amide bonds. The van der Waals surface area contributed by atoms with E-state index in [1.165, 1.54) is 11.1 Å². The van der Waals surface area contributed by atoms with Crippen molar-refractivity contribution in [2.45, 2.75) is 59.5 Å². The average molecular weight is 384 g/mol. The molecule has 0 radical (unpaired) electrons. The van der Waals surface area contributed by atoms with Gasteiger partial charge >= 0.3 is 0 Å². The molecule has 4 nitrogen and oxygen atoms in total. The van der Waals surface area contributed by atoms with Crippen LogP contribution in [-0.4, -0.2) is 25.2 Å². The summed E-state index contributed by atoms with van der Waals surface area (Å²) in [6.45, 7) is 9.46. The van der Waals surface area contributed by atoms with Crippen LogP contribution in [0.4, 0.5) is 0 Å². The van der Waals surface area contributed by atoms with Gasteiger partial charge in [0.2, 0.25) is 0 Å². The van der Waals surface area contributed by atoms with E-state index in [1.54, 1.807) is 0 Å². The monoisotopic (exact) mass is 383 g/mol. The predicted molar refractivity (Wildman–Crippen MR) is 114 cm³/mol. The molecule has 0 fully saturated rings. The van der Waals surface area contributed by atoms with E-state index in [2.05, 4.69) is 24.4 Å². The molecular formula is C24H33NO3. The van der Waals surface area contributed by atoms with Crippen LogP contribution in [-0.2, 0) is 11.2 Å². The third-order valence-corrected chi connectivity index (χ3v) is 4.62. The summed E-state index contributed by atoms with van der Waals surface area (Å²) in [7, 11) is 0. The quantitative estimate of drug-likeness (QED) is 0.556. The van der Waals surface area contributed by atoms with Crippen LogP contribution in [0.3, 0.4) is 0 Å². The van der Waals surface area contributed by atoms with E-state index in [9.17, 15) is 4.79 Å². The van der Waals surface area contributed by atoms with Crippen molar-refractivity contribution < 1.29 is 14.3 Å². The van der Waals surface area contributed by atoms with Crippen molar-refractivity contribution in [1.82, 2.24) is 5.32 Å². The van der Waals surface area contributed by atoms with Crippen molar-refractivity contribution in [3.05, 3.63) is 59.2 Å². The molecule has 0 heterocycles. The highest BCUT2D eigenvalue weighted by Crippen LogP contribution is 2.21. The molecule has 0 aliphatic rings. The summed E-state index contributed by atoms with van der Waals surface area (Å²) >= 11 is 0. The number of carbonyl (C=O) groups excluding carboxylic acids is 1. The highest BCUT2D eigenvalue weighted by Gasteiger charge is 2.18. The second-order valence-corrected chi connectivity index (χ2v) is 7.13. The number of carbonyl (C=O) groups is 1. The van der Waals surface area contributed by atoms with Crippen molar-refractivity contribution in [3.8, 4) is 11.5 Å². The summed E-state index contributed by atoms with van der Waals surface area (Å²) in [6.07, 6.45) is 2.88. The first-order valence-electron chi connectivity index (χ1n) is 10.3. The van der Waals surface area contributed by atoms with E-state index < -0.39 is 6.10 Å². The van der Waals surface area contributed by atoms with E-state index in [0.717, 1.165) is 42.9 Å². The van der Waals surface area contributed by atoms with E-state index in [0.29, 0.717) is 13.0 Å². The minimum Gasteiger partial charge on any atom is -0.493 e. The van der Waals surface area contributed by atoms with Crippen molar-refractivity contribution in [1.29, 1.82) is 0 Å². The van der Waals surface area contributed by atoms with Crippen LogP contribution in [0.2, 0.25) is 0 Å². The van der Waals surface area contributed by atoms with E-state index >= 15 is 0 Å². The van der Waals surface area contributed by atoms with Gasteiger partial charge in [0.05, 0.1) is 6.61 Å². The Labute approximate surface area is 169 Å². The van der Waals surface area contributed by atoms with Gasteiger partial charge in [-0.1, -0.05) is 49.7 Å². The summed E-state index contributed by atoms with van der Waals surface area (Å²) in [5.41, 5.74) is 3.42. The molecule has 0 aromatic heterocycles. The van der Waals surface area contributed by atoms with Gasteiger partial charge in [0.15, 0.2) is 6.10 Å².